The summed E-state index contributed by atoms with van der Waals surface area (Å²) >= 11 is 0. The molecular formula is C21H24FN3O. The molecule has 0 aliphatic rings. The first-order valence-electron chi connectivity index (χ1n) is 8.86. The van der Waals surface area contributed by atoms with Crippen LogP contribution in [0.25, 0.3) is 16.9 Å². The summed E-state index contributed by atoms with van der Waals surface area (Å²) in [4.78, 5) is 17.1. The number of hydrogen-bond donors (Lipinski definition) is 1. The Hall–Kier alpha value is -2.69. The highest BCUT2D eigenvalue weighted by Crippen LogP contribution is 2.27. The Balaban J connectivity index is 2.07. The van der Waals surface area contributed by atoms with Crippen molar-refractivity contribution in [3.8, 4) is 11.3 Å². The van der Waals surface area contributed by atoms with E-state index in [9.17, 15) is 9.18 Å². The molecule has 0 fully saturated rings. The average Bonchev–Trinajstić information content (AvgIpc) is 2.93. The standard InChI is InChI=1S/C21H24FN3O/c1-13(2)11-23-20(26)10-18-21(16-6-7-17(22)15(4)9-16)24-19-8-5-14(3)12-25(18)19/h5-9,12-13H,10-11H2,1-4H3,(H,23,26). The van der Waals surface area contributed by atoms with Gasteiger partial charge < -0.3 is 9.72 Å². The molecule has 0 unspecified atom stereocenters. The second-order valence-electron chi connectivity index (χ2n) is 7.18. The summed E-state index contributed by atoms with van der Waals surface area (Å²) in [6, 6.07) is 8.86. The molecule has 0 bridgehead atoms. The second kappa shape index (κ2) is 7.28. The number of pyridine rings is 1. The minimum Gasteiger partial charge on any atom is -0.356 e. The molecule has 2 heterocycles. The highest BCUT2D eigenvalue weighted by Gasteiger charge is 2.18. The van der Waals surface area contributed by atoms with Crippen LogP contribution in [-0.2, 0) is 11.2 Å². The Kier molecular flexibility index (Phi) is 5.07. The number of imidazole rings is 1. The third kappa shape index (κ3) is 3.77. The van der Waals surface area contributed by atoms with Crippen LogP contribution in [0.1, 0.15) is 30.7 Å². The molecule has 1 amide bonds. The van der Waals surface area contributed by atoms with Gasteiger partial charge in [-0.15, -0.1) is 0 Å². The zero-order valence-corrected chi connectivity index (χ0v) is 15.6. The van der Waals surface area contributed by atoms with E-state index in [1.807, 2.05) is 29.7 Å². The Labute approximate surface area is 153 Å². The van der Waals surface area contributed by atoms with Gasteiger partial charge in [0.1, 0.15) is 11.5 Å². The third-order valence-corrected chi connectivity index (χ3v) is 4.33. The van der Waals surface area contributed by atoms with Crippen molar-refractivity contribution in [2.45, 2.75) is 34.1 Å². The number of rotatable bonds is 5. The van der Waals surface area contributed by atoms with Crippen LogP contribution >= 0.6 is 0 Å². The number of benzene rings is 1. The van der Waals surface area contributed by atoms with E-state index in [1.54, 1.807) is 19.1 Å². The zero-order valence-electron chi connectivity index (χ0n) is 15.6. The summed E-state index contributed by atoms with van der Waals surface area (Å²) in [7, 11) is 0. The monoisotopic (exact) mass is 353 g/mol. The van der Waals surface area contributed by atoms with Crippen LogP contribution < -0.4 is 5.32 Å². The number of nitrogens with zero attached hydrogens (tertiary/aromatic N) is 2. The van der Waals surface area contributed by atoms with Crippen molar-refractivity contribution < 1.29 is 9.18 Å². The molecule has 26 heavy (non-hydrogen) atoms. The van der Waals surface area contributed by atoms with Gasteiger partial charge in [-0.1, -0.05) is 19.9 Å². The van der Waals surface area contributed by atoms with Crippen LogP contribution in [0, 0.1) is 25.6 Å². The van der Waals surface area contributed by atoms with E-state index in [0.717, 1.165) is 28.2 Å². The van der Waals surface area contributed by atoms with Crippen molar-refractivity contribution >= 4 is 11.6 Å². The van der Waals surface area contributed by atoms with Crippen LogP contribution in [0.15, 0.2) is 36.5 Å². The Morgan fingerprint density at radius 2 is 2.00 bits per heavy atom. The van der Waals surface area contributed by atoms with Gasteiger partial charge in [-0.05, 0) is 55.2 Å². The molecule has 3 aromatic rings. The molecule has 0 spiro atoms. The lowest BCUT2D eigenvalue weighted by Gasteiger charge is -2.10. The molecule has 2 aromatic heterocycles. The van der Waals surface area contributed by atoms with Gasteiger partial charge in [0.05, 0.1) is 17.8 Å². The minimum absolute atomic E-state index is 0.0397. The van der Waals surface area contributed by atoms with Crippen LogP contribution in [0.5, 0.6) is 0 Å². The number of hydrogen-bond acceptors (Lipinski definition) is 2. The Morgan fingerprint density at radius 1 is 1.23 bits per heavy atom. The first kappa shape index (κ1) is 18.1. The van der Waals surface area contributed by atoms with Gasteiger partial charge >= 0.3 is 0 Å². The average molecular weight is 353 g/mol. The highest BCUT2D eigenvalue weighted by atomic mass is 19.1. The third-order valence-electron chi connectivity index (χ3n) is 4.33. The molecule has 0 aliphatic heterocycles. The van der Waals surface area contributed by atoms with Crippen molar-refractivity contribution in [1.82, 2.24) is 14.7 Å². The van der Waals surface area contributed by atoms with E-state index >= 15 is 0 Å². The maximum atomic E-state index is 13.7. The number of fused-ring (bicyclic) bond motifs is 1. The molecule has 0 saturated carbocycles. The fourth-order valence-corrected chi connectivity index (χ4v) is 2.92. The Morgan fingerprint density at radius 3 is 2.69 bits per heavy atom. The molecule has 0 aliphatic carbocycles. The Bertz CT molecular complexity index is 959. The van der Waals surface area contributed by atoms with Crippen molar-refractivity contribution in [2.75, 3.05) is 6.54 Å². The normalized spacial score (nSPS) is 11.3. The second-order valence-corrected chi connectivity index (χ2v) is 7.18. The van der Waals surface area contributed by atoms with E-state index in [0.29, 0.717) is 18.0 Å². The number of aryl methyl sites for hydroxylation is 2. The van der Waals surface area contributed by atoms with Crippen LogP contribution in [0.3, 0.4) is 0 Å². The zero-order chi connectivity index (χ0) is 18.8. The van der Waals surface area contributed by atoms with E-state index in [4.69, 9.17) is 4.98 Å². The minimum atomic E-state index is -0.246. The summed E-state index contributed by atoms with van der Waals surface area (Å²) < 4.78 is 15.6. The summed E-state index contributed by atoms with van der Waals surface area (Å²) in [5, 5.41) is 2.96. The van der Waals surface area contributed by atoms with Crippen LogP contribution in [-0.4, -0.2) is 21.8 Å². The number of aromatic nitrogens is 2. The molecule has 4 nitrogen and oxygen atoms in total. The molecular weight excluding hydrogens is 329 g/mol. The molecule has 0 atom stereocenters. The topological polar surface area (TPSA) is 46.4 Å². The summed E-state index contributed by atoms with van der Waals surface area (Å²) in [6.45, 7) is 8.49. The first-order valence-corrected chi connectivity index (χ1v) is 8.86. The molecule has 3 rings (SSSR count). The number of carbonyl (C=O) groups excluding carboxylic acids is 1. The highest BCUT2D eigenvalue weighted by molar-refractivity contribution is 5.81. The lowest BCUT2D eigenvalue weighted by molar-refractivity contribution is -0.120. The fraction of sp³-hybridized carbons (Fsp3) is 0.333. The maximum Gasteiger partial charge on any atom is 0.226 e. The van der Waals surface area contributed by atoms with E-state index < -0.39 is 0 Å². The van der Waals surface area contributed by atoms with E-state index in [2.05, 4.69) is 19.2 Å². The predicted molar refractivity (Wildman–Crippen MR) is 102 cm³/mol. The smallest absolute Gasteiger partial charge is 0.226 e. The van der Waals surface area contributed by atoms with Gasteiger partial charge in [0.2, 0.25) is 5.91 Å². The SMILES string of the molecule is Cc1ccc2nc(-c3ccc(F)c(C)c3)c(CC(=O)NCC(C)C)n2c1. The number of carbonyl (C=O) groups is 1. The molecule has 5 heteroatoms. The molecule has 136 valence electrons. The van der Waals surface area contributed by atoms with Gasteiger partial charge in [-0.3, -0.25) is 4.79 Å². The molecule has 0 saturated heterocycles. The van der Waals surface area contributed by atoms with Crippen molar-refractivity contribution in [3.05, 3.63) is 59.2 Å². The molecule has 1 aromatic carbocycles. The van der Waals surface area contributed by atoms with Gasteiger partial charge in [-0.2, -0.15) is 0 Å². The van der Waals surface area contributed by atoms with Crippen molar-refractivity contribution in [1.29, 1.82) is 0 Å². The summed E-state index contributed by atoms with van der Waals surface area (Å²) in [6.07, 6.45) is 2.20. The van der Waals surface area contributed by atoms with Gasteiger partial charge in [0, 0.05) is 18.3 Å². The summed E-state index contributed by atoms with van der Waals surface area (Å²) in [5.74, 6) is 0.106. The van der Waals surface area contributed by atoms with Crippen molar-refractivity contribution in [2.24, 2.45) is 5.92 Å². The fourth-order valence-electron chi connectivity index (χ4n) is 2.92. The van der Waals surface area contributed by atoms with Crippen molar-refractivity contribution in [3.63, 3.8) is 0 Å². The number of halogens is 1. The van der Waals surface area contributed by atoms with E-state index in [1.165, 1.54) is 6.07 Å². The molecule has 1 N–H and O–H groups in total. The predicted octanol–water partition coefficient (Wildman–Crippen LogP) is 4.07. The summed E-state index contributed by atoms with van der Waals surface area (Å²) in [5.41, 5.74) is 4.78. The molecule has 0 radical (unpaired) electrons. The lowest BCUT2D eigenvalue weighted by Crippen LogP contribution is -2.29. The first-order chi connectivity index (χ1) is 12.3. The number of nitrogens with one attached hydrogen (secondary N) is 1. The van der Waals surface area contributed by atoms with Gasteiger partial charge in [0.25, 0.3) is 0 Å². The van der Waals surface area contributed by atoms with Crippen LogP contribution in [0.2, 0.25) is 0 Å². The lowest BCUT2D eigenvalue weighted by atomic mass is 10.1. The van der Waals surface area contributed by atoms with Gasteiger partial charge in [0.15, 0.2) is 0 Å². The number of amides is 1. The quantitative estimate of drug-likeness (QED) is 0.751. The maximum absolute atomic E-state index is 13.7. The van der Waals surface area contributed by atoms with Crippen LogP contribution in [0.4, 0.5) is 4.39 Å². The van der Waals surface area contributed by atoms with E-state index in [-0.39, 0.29) is 18.1 Å². The van der Waals surface area contributed by atoms with Gasteiger partial charge in [-0.25, -0.2) is 9.37 Å². The largest absolute Gasteiger partial charge is 0.356 e.